The summed E-state index contributed by atoms with van der Waals surface area (Å²) in [5, 5.41) is 0. The first-order valence-electron chi connectivity index (χ1n) is 11.8. The molecule has 0 saturated carbocycles. The van der Waals surface area contributed by atoms with Crippen molar-refractivity contribution in [2.75, 3.05) is 26.2 Å². The molecular formula is C30H32N2+2. The first-order valence-corrected chi connectivity index (χ1v) is 11.8. The lowest BCUT2D eigenvalue weighted by Gasteiger charge is -2.38. The summed E-state index contributed by atoms with van der Waals surface area (Å²) in [5.41, 5.74) is 5.67. The van der Waals surface area contributed by atoms with Crippen LogP contribution in [-0.4, -0.2) is 26.2 Å². The van der Waals surface area contributed by atoms with Gasteiger partial charge in [0.25, 0.3) is 0 Å². The first-order chi connectivity index (χ1) is 15.9. The van der Waals surface area contributed by atoms with E-state index in [9.17, 15) is 0 Å². The maximum absolute atomic E-state index is 2.29. The molecule has 32 heavy (non-hydrogen) atoms. The number of hydrogen-bond acceptors (Lipinski definition) is 0. The fourth-order valence-electron chi connectivity index (χ4n) is 5.38. The zero-order valence-corrected chi connectivity index (χ0v) is 18.5. The SMILES string of the molecule is c1ccc(C(c2ccccc2)[NH+]2CC[NH+](C(c3ccccc3)c3ccccc3)CC2)cc1. The Hall–Kier alpha value is -3.20. The van der Waals surface area contributed by atoms with Crippen molar-refractivity contribution in [1.29, 1.82) is 0 Å². The molecule has 2 nitrogen and oxygen atoms in total. The lowest BCUT2D eigenvalue weighted by Crippen LogP contribution is -3.28. The van der Waals surface area contributed by atoms with E-state index >= 15 is 0 Å². The summed E-state index contributed by atoms with van der Waals surface area (Å²) in [7, 11) is 0. The van der Waals surface area contributed by atoms with E-state index in [4.69, 9.17) is 0 Å². The van der Waals surface area contributed by atoms with Crippen molar-refractivity contribution in [2.45, 2.75) is 12.1 Å². The molecule has 1 aliphatic rings. The average molecular weight is 421 g/mol. The van der Waals surface area contributed by atoms with Gasteiger partial charge < -0.3 is 9.80 Å². The van der Waals surface area contributed by atoms with Crippen molar-refractivity contribution in [3.63, 3.8) is 0 Å². The lowest BCUT2D eigenvalue weighted by molar-refractivity contribution is -1.03. The molecule has 2 heteroatoms. The number of benzene rings is 4. The molecule has 2 N–H and O–H groups in total. The Labute approximate surface area is 191 Å². The van der Waals surface area contributed by atoms with Gasteiger partial charge in [0.1, 0.15) is 38.3 Å². The Morgan fingerprint density at radius 1 is 0.344 bits per heavy atom. The van der Waals surface area contributed by atoms with Gasteiger partial charge in [-0.1, -0.05) is 121 Å². The molecule has 1 heterocycles. The molecule has 0 aliphatic carbocycles. The largest absolute Gasteiger partial charge is 0.316 e. The zero-order valence-electron chi connectivity index (χ0n) is 18.5. The quantitative estimate of drug-likeness (QED) is 0.473. The lowest BCUT2D eigenvalue weighted by atomic mass is 9.94. The van der Waals surface area contributed by atoms with Gasteiger partial charge in [0.15, 0.2) is 0 Å². The highest BCUT2D eigenvalue weighted by molar-refractivity contribution is 5.30. The monoisotopic (exact) mass is 420 g/mol. The maximum Gasteiger partial charge on any atom is 0.139 e. The molecule has 1 saturated heterocycles. The normalized spacial score (nSPS) is 18.7. The third-order valence-electron chi connectivity index (χ3n) is 6.88. The van der Waals surface area contributed by atoms with E-state index in [0.717, 1.165) is 0 Å². The fraction of sp³-hybridized carbons (Fsp3) is 0.200. The minimum atomic E-state index is 0.394. The van der Waals surface area contributed by atoms with Gasteiger partial charge in [-0.3, -0.25) is 0 Å². The van der Waals surface area contributed by atoms with Crippen LogP contribution in [0.25, 0.3) is 0 Å². The molecule has 5 rings (SSSR count). The van der Waals surface area contributed by atoms with Crippen LogP contribution in [0.1, 0.15) is 34.3 Å². The van der Waals surface area contributed by atoms with Gasteiger partial charge in [-0.2, -0.15) is 0 Å². The van der Waals surface area contributed by atoms with Crippen molar-refractivity contribution in [3.05, 3.63) is 144 Å². The second-order valence-corrected chi connectivity index (χ2v) is 8.83. The average Bonchev–Trinajstić information content (AvgIpc) is 2.88. The van der Waals surface area contributed by atoms with Crippen molar-refractivity contribution in [1.82, 2.24) is 0 Å². The van der Waals surface area contributed by atoms with Crippen molar-refractivity contribution in [2.24, 2.45) is 0 Å². The molecule has 160 valence electrons. The van der Waals surface area contributed by atoms with Crippen LogP contribution in [0.4, 0.5) is 0 Å². The topological polar surface area (TPSA) is 8.88 Å². The van der Waals surface area contributed by atoms with Crippen LogP contribution >= 0.6 is 0 Å². The minimum Gasteiger partial charge on any atom is -0.316 e. The summed E-state index contributed by atoms with van der Waals surface area (Å²) in [4.78, 5) is 3.34. The van der Waals surface area contributed by atoms with E-state index in [1.807, 2.05) is 0 Å². The van der Waals surface area contributed by atoms with Gasteiger partial charge in [-0.15, -0.1) is 0 Å². The molecule has 1 fully saturated rings. The summed E-state index contributed by atoms with van der Waals surface area (Å²) in [5.74, 6) is 0. The Kier molecular flexibility index (Phi) is 6.43. The number of hydrogen-bond donors (Lipinski definition) is 2. The summed E-state index contributed by atoms with van der Waals surface area (Å²) in [6, 6.07) is 45.0. The van der Waals surface area contributed by atoms with E-state index in [1.54, 1.807) is 9.80 Å². The minimum absolute atomic E-state index is 0.394. The third kappa shape index (κ3) is 4.52. The number of piperazine rings is 1. The van der Waals surface area contributed by atoms with E-state index in [0.29, 0.717) is 12.1 Å². The Balaban J connectivity index is 1.40. The first kappa shape index (κ1) is 20.7. The molecule has 0 amide bonds. The van der Waals surface area contributed by atoms with Gasteiger partial charge in [0.2, 0.25) is 0 Å². The van der Waals surface area contributed by atoms with E-state index < -0.39 is 0 Å². The fourth-order valence-corrected chi connectivity index (χ4v) is 5.38. The summed E-state index contributed by atoms with van der Waals surface area (Å²) >= 11 is 0. The predicted molar refractivity (Wildman–Crippen MR) is 131 cm³/mol. The number of rotatable bonds is 6. The van der Waals surface area contributed by atoms with Gasteiger partial charge in [-0.05, 0) is 0 Å². The van der Waals surface area contributed by atoms with E-state index in [2.05, 4.69) is 121 Å². The van der Waals surface area contributed by atoms with Crippen molar-refractivity contribution in [3.8, 4) is 0 Å². The van der Waals surface area contributed by atoms with Crippen LogP contribution in [0.2, 0.25) is 0 Å². The van der Waals surface area contributed by atoms with Crippen LogP contribution in [0.3, 0.4) is 0 Å². The maximum atomic E-state index is 2.29. The van der Waals surface area contributed by atoms with Crippen molar-refractivity contribution < 1.29 is 9.80 Å². The second-order valence-electron chi connectivity index (χ2n) is 8.83. The molecule has 4 aromatic rings. The van der Waals surface area contributed by atoms with Crippen LogP contribution in [-0.2, 0) is 0 Å². The highest BCUT2D eigenvalue weighted by atomic mass is 15.3. The molecular weight excluding hydrogens is 388 g/mol. The van der Waals surface area contributed by atoms with Crippen molar-refractivity contribution >= 4 is 0 Å². The highest BCUT2D eigenvalue weighted by Gasteiger charge is 2.35. The molecule has 0 atom stereocenters. The second kappa shape index (κ2) is 9.95. The van der Waals surface area contributed by atoms with Gasteiger partial charge in [0, 0.05) is 22.3 Å². The molecule has 0 bridgehead atoms. The molecule has 0 radical (unpaired) electrons. The Morgan fingerprint density at radius 3 is 0.781 bits per heavy atom. The molecule has 0 aromatic heterocycles. The molecule has 4 aromatic carbocycles. The van der Waals surface area contributed by atoms with Crippen LogP contribution < -0.4 is 9.80 Å². The number of quaternary nitrogens is 2. The van der Waals surface area contributed by atoms with Gasteiger partial charge in [-0.25, -0.2) is 0 Å². The number of nitrogens with one attached hydrogen (secondary N) is 2. The summed E-state index contributed by atoms with van der Waals surface area (Å²) in [6.45, 7) is 4.67. The van der Waals surface area contributed by atoms with E-state index in [-0.39, 0.29) is 0 Å². The molecule has 1 aliphatic heterocycles. The standard InChI is InChI=1S/C30H30N2/c1-5-13-25(14-6-1)29(26-15-7-2-8-16-26)31-21-23-32(24-22-31)30(27-17-9-3-10-18-27)28-19-11-4-12-20-28/h1-20,29-30H,21-24H2/p+2. The Bertz CT molecular complexity index is 903. The molecule has 0 unspecified atom stereocenters. The molecule has 0 spiro atoms. The van der Waals surface area contributed by atoms with Gasteiger partial charge >= 0.3 is 0 Å². The van der Waals surface area contributed by atoms with Crippen LogP contribution in [0.5, 0.6) is 0 Å². The smallest absolute Gasteiger partial charge is 0.139 e. The van der Waals surface area contributed by atoms with E-state index in [1.165, 1.54) is 48.4 Å². The Morgan fingerprint density at radius 2 is 0.562 bits per heavy atom. The predicted octanol–water partition coefficient (Wildman–Crippen LogP) is 3.35. The van der Waals surface area contributed by atoms with Crippen LogP contribution in [0, 0.1) is 0 Å². The summed E-state index contributed by atoms with van der Waals surface area (Å²) in [6.07, 6.45) is 0. The zero-order chi connectivity index (χ0) is 21.6. The van der Waals surface area contributed by atoms with Gasteiger partial charge in [0.05, 0.1) is 0 Å². The third-order valence-corrected chi connectivity index (χ3v) is 6.88. The highest BCUT2D eigenvalue weighted by Crippen LogP contribution is 2.21. The van der Waals surface area contributed by atoms with Crippen LogP contribution in [0.15, 0.2) is 121 Å². The summed E-state index contributed by atoms with van der Waals surface area (Å²) < 4.78 is 0.